The molecule has 0 aliphatic carbocycles. The van der Waals surface area contributed by atoms with Crippen LogP contribution < -0.4 is 15.0 Å². The summed E-state index contributed by atoms with van der Waals surface area (Å²) < 4.78 is 24.9. The van der Waals surface area contributed by atoms with E-state index < -0.39 is 5.67 Å². The molecule has 2 heterocycles. The van der Waals surface area contributed by atoms with Crippen LogP contribution >= 0.6 is 0 Å². The van der Waals surface area contributed by atoms with Crippen molar-refractivity contribution in [1.82, 2.24) is 15.5 Å². The van der Waals surface area contributed by atoms with Crippen molar-refractivity contribution in [2.24, 2.45) is 5.92 Å². The molecule has 1 saturated heterocycles. The van der Waals surface area contributed by atoms with Crippen LogP contribution in [0.4, 0.5) is 10.3 Å². The molecule has 8 nitrogen and oxygen atoms in total. The summed E-state index contributed by atoms with van der Waals surface area (Å²) in [7, 11) is 0. The summed E-state index contributed by atoms with van der Waals surface area (Å²) >= 11 is 0. The minimum Gasteiger partial charge on any atom is -0.494 e. The topological polar surface area (TPSA) is 101 Å². The number of aromatic nitrogens is 2. The minimum absolute atomic E-state index is 0.0142. The Hall–Kier alpha value is -2.68. The molecule has 2 aromatic rings. The van der Waals surface area contributed by atoms with E-state index in [1.807, 2.05) is 24.0 Å². The smallest absolute Gasteiger partial charge is 0.266 e. The lowest BCUT2D eigenvalue weighted by Gasteiger charge is -2.30. The molecule has 0 saturated carbocycles. The summed E-state index contributed by atoms with van der Waals surface area (Å²) in [5, 5.41) is 15.8. The number of nitrogens with zero attached hydrogens (tertiary/aromatic N) is 3. The van der Waals surface area contributed by atoms with Gasteiger partial charge in [0.25, 0.3) is 17.7 Å². The molecule has 1 amide bonds. The number of aliphatic hydroxyl groups is 1. The number of halogens is 1. The lowest BCUT2D eigenvalue weighted by molar-refractivity contribution is 0.0921. The zero-order valence-corrected chi connectivity index (χ0v) is 19.9. The standard InChI is InChI=1S/C24H35FN4O4/c1-16-14-19(7-8-20(16)21(31)26-17(2)15-30)32-13-5-6-18-9-11-29(12-10-18)23-27-22(33-28-23)24(3,4)25/h7-8,14,17-18,30H,5-6,9-13,15H2,1-4H3,(H,26,31). The Morgan fingerprint density at radius 1 is 1.39 bits per heavy atom. The Labute approximate surface area is 194 Å². The number of anilines is 1. The summed E-state index contributed by atoms with van der Waals surface area (Å²) in [6.07, 6.45) is 4.07. The van der Waals surface area contributed by atoms with Crippen molar-refractivity contribution in [3.8, 4) is 5.75 Å². The molecular weight excluding hydrogens is 427 g/mol. The number of piperidine rings is 1. The van der Waals surface area contributed by atoms with Gasteiger partial charge in [0.2, 0.25) is 0 Å². The summed E-state index contributed by atoms with van der Waals surface area (Å²) in [5.41, 5.74) is -0.214. The highest BCUT2D eigenvalue weighted by atomic mass is 19.1. The van der Waals surface area contributed by atoms with Crippen molar-refractivity contribution in [3.63, 3.8) is 0 Å². The van der Waals surface area contributed by atoms with E-state index in [0.717, 1.165) is 50.1 Å². The zero-order valence-electron chi connectivity index (χ0n) is 19.9. The van der Waals surface area contributed by atoms with Crippen LogP contribution in [0.2, 0.25) is 0 Å². The Morgan fingerprint density at radius 3 is 2.73 bits per heavy atom. The van der Waals surface area contributed by atoms with Crippen LogP contribution in [0.5, 0.6) is 5.75 Å². The number of amides is 1. The monoisotopic (exact) mass is 462 g/mol. The predicted octanol–water partition coefficient (Wildman–Crippen LogP) is 3.77. The Kier molecular flexibility index (Phi) is 8.29. The first kappa shape index (κ1) is 25.0. The van der Waals surface area contributed by atoms with E-state index in [2.05, 4.69) is 15.5 Å². The predicted molar refractivity (Wildman–Crippen MR) is 123 cm³/mol. The Balaban J connectivity index is 1.38. The number of hydrogen-bond acceptors (Lipinski definition) is 7. The molecule has 1 unspecified atom stereocenters. The number of ether oxygens (including phenoxy) is 1. The van der Waals surface area contributed by atoms with Gasteiger partial charge in [-0.05, 0) is 88.2 Å². The van der Waals surface area contributed by atoms with Gasteiger partial charge in [-0.1, -0.05) is 0 Å². The average molecular weight is 463 g/mol. The van der Waals surface area contributed by atoms with Crippen molar-refractivity contribution in [2.75, 3.05) is 31.2 Å². The van der Waals surface area contributed by atoms with Crippen molar-refractivity contribution < 1.29 is 23.6 Å². The number of aliphatic hydroxyl groups excluding tert-OH is 1. The van der Waals surface area contributed by atoms with Crippen molar-refractivity contribution in [3.05, 3.63) is 35.2 Å². The van der Waals surface area contributed by atoms with Gasteiger partial charge in [-0.15, -0.1) is 0 Å². The molecule has 1 aromatic heterocycles. The summed E-state index contributed by atoms with van der Waals surface area (Å²) in [5.74, 6) is 1.64. The van der Waals surface area contributed by atoms with Crippen molar-refractivity contribution in [1.29, 1.82) is 0 Å². The molecule has 33 heavy (non-hydrogen) atoms. The van der Waals surface area contributed by atoms with E-state index in [-0.39, 0.29) is 24.4 Å². The second kappa shape index (κ2) is 11.0. The van der Waals surface area contributed by atoms with Gasteiger partial charge in [0.1, 0.15) is 5.75 Å². The number of carbonyl (C=O) groups excluding carboxylic acids is 1. The number of nitrogens with one attached hydrogen (secondary N) is 1. The van der Waals surface area contributed by atoms with E-state index in [4.69, 9.17) is 14.4 Å². The third-order valence-corrected chi connectivity index (χ3v) is 5.94. The molecule has 2 N–H and O–H groups in total. The molecule has 9 heteroatoms. The van der Waals surface area contributed by atoms with Crippen LogP contribution in [0, 0.1) is 12.8 Å². The highest BCUT2D eigenvalue weighted by molar-refractivity contribution is 5.95. The number of alkyl halides is 1. The normalized spacial score (nSPS) is 16.0. The maximum Gasteiger partial charge on any atom is 0.266 e. The fourth-order valence-corrected chi connectivity index (χ4v) is 3.90. The van der Waals surface area contributed by atoms with Crippen molar-refractivity contribution >= 4 is 11.9 Å². The maximum absolute atomic E-state index is 13.9. The number of carbonyl (C=O) groups is 1. The van der Waals surface area contributed by atoms with Crippen LogP contribution in [0.1, 0.15) is 68.3 Å². The lowest BCUT2D eigenvalue weighted by Crippen LogP contribution is -2.35. The lowest BCUT2D eigenvalue weighted by atomic mass is 9.92. The summed E-state index contributed by atoms with van der Waals surface area (Å²) in [4.78, 5) is 18.5. The van der Waals surface area contributed by atoms with Crippen molar-refractivity contribution in [2.45, 2.75) is 65.1 Å². The first-order valence-electron chi connectivity index (χ1n) is 11.6. The molecule has 0 bridgehead atoms. The van der Waals surface area contributed by atoms with E-state index in [0.29, 0.717) is 24.0 Å². The van der Waals surface area contributed by atoms with Gasteiger partial charge in [0, 0.05) is 24.7 Å². The van der Waals surface area contributed by atoms with Gasteiger partial charge in [-0.3, -0.25) is 4.79 Å². The second-order valence-electron chi connectivity index (χ2n) is 9.33. The van der Waals surface area contributed by atoms with Crippen LogP contribution in [0.15, 0.2) is 22.7 Å². The fraction of sp³-hybridized carbons (Fsp3) is 0.625. The van der Waals surface area contributed by atoms with Gasteiger partial charge in [-0.2, -0.15) is 4.98 Å². The highest BCUT2D eigenvalue weighted by Crippen LogP contribution is 2.28. The average Bonchev–Trinajstić information content (AvgIpc) is 3.28. The first-order valence-corrected chi connectivity index (χ1v) is 11.6. The van der Waals surface area contributed by atoms with E-state index in [9.17, 15) is 9.18 Å². The fourth-order valence-electron chi connectivity index (χ4n) is 3.90. The van der Waals surface area contributed by atoms with Gasteiger partial charge in [-0.25, -0.2) is 4.39 Å². The van der Waals surface area contributed by atoms with Crippen LogP contribution in [0.3, 0.4) is 0 Å². The molecule has 0 spiro atoms. The van der Waals surface area contributed by atoms with Crippen LogP contribution in [0.25, 0.3) is 0 Å². The van der Waals surface area contributed by atoms with Gasteiger partial charge >= 0.3 is 0 Å². The number of aryl methyl sites for hydroxylation is 1. The molecule has 1 atom stereocenters. The molecule has 1 aromatic carbocycles. The molecular formula is C24H35FN4O4. The molecule has 1 fully saturated rings. The zero-order chi connectivity index (χ0) is 24.0. The van der Waals surface area contributed by atoms with Crippen LogP contribution in [-0.4, -0.2) is 53.5 Å². The third-order valence-electron chi connectivity index (χ3n) is 5.94. The molecule has 1 aliphatic rings. The van der Waals surface area contributed by atoms with Crippen LogP contribution in [-0.2, 0) is 5.67 Å². The molecule has 0 radical (unpaired) electrons. The molecule has 1 aliphatic heterocycles. The second-order valence-corrected chi connectivity index (χ2v) is 9.33. The van der Waals surface area contributed by atoms with E-state index in [1.54, 1.807) is 13.0 Å². The maximum atomic E-state index is 13.9. The third kappa shape index (κ3) is 6.90. The highest BCUT2D eigenvalue weighted by Gasteiger charge is 2.29. The summed E-state index contributed by atoms with van der Waals surface area (Å²) in [6.45, 7) is 8.62. The number of benzene rings is 1. The largest absolute Gasteiger partial charge is 0.494 e. The Bertz CT molecular complexity index is 919. The number of hydrogen-bond donors (Lipinski definition) is 2. The molecule has 182 valence electrons. The van der Waals surface area contributed by atoms with E-state index in [1.165, 1.54) is 13.8 Å². The Morgan fingerprint density at radius 2 is 2.12 bits per heavy atom. The minimum atomic E-state index is -1.63. The van der Waals surface area contributed by atoms with Gasteiger partial charge in [0.15, 0.2) is 5.67 Å². The summed E-state index contributed by atoms with van der Waals surface area (Å²) in [6, 6.07) is 5.15. The SMILES string of the molecule is Cc1cc(OCCCC2CCN(c3noc(C(C)(C)F)n3)CC2)ccc1C(=O)NC(C)CO. The first-order chi connectivity index (χ1) is 15.7. The quantitative estimate of drug-likeness (QED) is 0.518. The van der Waals surface area contributed by atoms with Gasteiger partial charge < -0.3 is 24.6 Å². The van der Waals surface area contributed by atoms with E-state index >= 15 is 0 Å². The molecule has 3 rings (SSSR count). The van der Waals surface area contributed by atoms with Gasteiger partial charge in [0.05, 0.1) is 13.2 Å². The number of rotatable bonds is 10.